The maximum atomic E-state index is 12.6. The molecule has 0 radical (unpaired) electrons. The number of rotatable bonds is 4. The fourth-order valence-corrected chi connectivity index (χ4v) is 4.12. The summed E-state index contributed by atoms with van der Waals surface area (Å²) in [5.41, 5.74) is 6.75. The molecule has 2 atom stereocenters. The van der Waals surface area contributed by atoms with E-state index in [9.17, 15) is 8.42 Å². The Labute approximate surface area is 139 Å². The third-order valence-electron chi connectivity index (χ3n) is 3.78. The number of nitrogens with two attached hydrogens (primary N) is 1. The smallest absolute Gasteiger partial charge is 0.243 e. The van der Waals surface area contributed by atoms with Gasteiger partial charge in [-0.15, -0.1) is 12.4 Å². The molecule has 0 aromatic heterocycles. The van der Waals surface area contributed by atoms with Crippen molar-refractivity contribution in [2.45, 2.75) is 44.7 Å². The van der Waals surface area contributed by atoms with Crippen LogP contribution in [0.1, 0.15) is 26.3 Å². The van der Waals surface area contributed by atoms with Gasteiger partial charge in [-0.25, -0.2) is 8.42 Å². The van der Waals surface area contributed by atoms with Crippen molar-refractivity contribution in [3.63, 3.8) is 0 Å². The summed E-state index contributed by atoms with van der Waals surface area (Å²) in [5.74, 6) is 0.903. The van der Waals surface area contributed by atoms with Crippen LogP contribution in [0.5, 0.6) is 5.75 Å². The number of halogens is 1. The zero-order valence-corrected chi connectivity index (χ0v) is 15.1. The lowest BCUT2D eigenvalue weighted by Crippen LogP contribution is -2.32. The molecule has 2 unspecified atom stereocenters. The maximum absolute atomic E-state index is 12.6. The van der Waals surface area contributed by atoms with E-state index in [0.29, 0.717) is 18.0 Å². The van der Waals surface area contributed by atoms with Crippen molar-refractivity contribution < 1.29 is 13.2 Å². The summed E-state index contributed by atoms with van der Waals surface area (Å²) in [6, 6.07) is 4.90. The maximum Gasteiger partial charge on any atom is 0.243 e. The molecule has 0 amide bonds. The van der Waals surface area contributed by atoms with Crippen molar-refractivity contribution in [1.29, 1.82) is 0 Å². The van der Waals surface area contributed by atoms with Crippen LogP contribution in [0.2, 0.25) is 0 Å². The third kappa shape index (κ3) is 3.93. The van der Waals surface area contributed by atoms with Gasteiger partial charge in [0, 0.05) is 19.1 Å². The molecule has 22 heavy (non-hydrogen) atoms. The summed E-state index contributed by atoms with van der Waals surface area (Å²) in [4.78, 5) is 0.303. The first-order valence-electron chi connectivity index (χ1n) is 7.25. The molecule has 0 saturated carbocycles. The van der Waals surface area contributed by atoms with Gasteiger partial charge in [0.15, 0.2) is 0 Å². The Morgan fingerprint density at radius 1 is 1.32 bits per heavy atom. The van der Waals surface area contributed by atoms with Crippen LogP contribution in [0.25, 0.3) is 0 Å². The molecular formula is C15H25ClN2O3S. The Kier molecular flexibility index (Phi) is 6.27. The molecular weight excluding hydrogens is 324 g/mol. The van der Waals surface area contributed by atoms with Crippen molar-refractivity contribution in [1.82, 2.24) is 4.31 Å². The molecule has 1 fully saturated rings. The molecule has 126 valence electrons. The van der Waals surface area contributed by atoms with Gasteiger partial charge in [0.05, 0.1) is 11.0 Å². The van der Waals surface area contributed by atoms with Crippen LogP contribution in [0.4, 0.5) is 0 Å². The highest BCUT2D eigenvalue weighted by molar-refractivity contribution is 7.89. The molecule has 7 heteroatoms. The van der Waals surface area contributed by atoms with Gasteiger partial charge in [-0.1, -0.05) is 6.92 Å². The Balaban J connectivity index is 0.00000242. The molecule has 1 saturated heterocycles. The van der Waals surface area contributed by atoms with Crippen LogP contribution in [-0.2, 0) is 10.0 Å². The van der Waals surface area contributed by atoms with Gasteiger partial charge in [0.25, 0.3) is 0 Å². The zero-order chi connectivity index (χ0) is 15.8. The van der Waals surface area contributed by atoms with Gasteiger partial charge in [-0.2, -0.15) is 4.31 Å². The molecule has 0 aliphatic carbocycles. The van der Waals surface area contributed by atoms with Gasteiger partial charge in [0.2, 0.25) is 10.0 Å². The summed E-state index contributed by atoms with van der Waals surface area (Å²) in [7, 11) is -3.47. The monoisotopic (exact) mass is 348 g/mol. The highest BCUT2D eigenvalue weighted by Crippen LogP contribution is 2.27. The summed E-state index contributed by atoms with van der Waals surface area (Å²) in [6.45, 7) is 8.58. The SMILES string of the molecule is Cc1cc(S(=O)(=O)N2CC(C)C(N)C2)ccc1OC(C)C.Cl. The predicted octanol–water partition coefficient (Wildman–Crippen LogP) is 2.17. The van der Waals surface area contributed by atoms with E-state index < -0.39 is 10.0 Å². The van der Waals surface area contributed by atoms with Gasteiger partial charge >= 0.3 is 0 Å². The molecule has 0 bridgehead atoms. The van der Waals surface area contributed by atoms with E-state index in [1.807, 2.05) is 27.7 Å². The molecule has 1 aliphatic rings. The van der Waals surface area contributed by atoms with E-state index in [1.165, 1.54) is 4.31 Å². The van der Waals surface area contributed by atoms with Gasteiger partial charge in [-0.3, -0.25) is 0 Å². The average molecular weight is 349 g/mol. The number of aryl methyl sites for hydroxylation is 1. The number of ether oxygens (including phenoxy) is 1. The number of nitrogens with zero attached hydrogens (tertiary/aromatic N) is 1. The second-order valence-electron chi connectivity index (χ2n) is 6.06. The van der Waals surface area contributed by atoms with Gasteiger partial charge in [0.1, 0.15) is 5.75 Å². The number of hydrogen-bond donors (Lipinski definition) is 1. The van der Waals surface area contributed by atoms with Crippen LogP contribution < -0.4 is 10.5 Å². The second kappa shape index (κ2) is 7.17. The summed E-state index contributed by atoms with van der Waals surface area (Å²) >= 11 is 0. The Morgan fingerprint density at radius 3 is 2.41 bits per heavy atom. The minimum absolute atomic E-state index is 0. The Morgan fingerprint density at radius 2 is 1.95 bits per heavy atom. The first-order valence-corrected chi connectivity index (χ1v) is 8.69. The number of hydrogen-bond acceptors (Lipinski definition) is 4. The lowest BCUT2D eigenvalue weighted by atomic mass is 10.1. The van der Waals surface area contributed by atoms with Crippen molar-refractivity contribution in [3.05, 3.63) is 23.8 Å². The lowest BCUT2D eigenvalue weighted by molar-refractivity contribution is 0.240. The minimum atomic E-state index is -3.47. The predicted molar refractivity (Wildman–Crippen MR) is 90.1 cm³/mol. The third-order valence-corrected chi connectivity index (χ3v) is 5.61. The molecule has 2 rings (SSSR count). The highest BCUT2D eigenvalue weighted by atomic mass is 35.5. The molecule has 2 N–H and O–H groups in total. The van der Waals surface area contributed by atoms with Crippen molar-refractivity contribution >= 4 is 22.4 Å². The van der Waals surface area contributed by atoms with Crippen molar-refractivity contribution in [2.75, 3.05) is 13.1 Å². The molecule has 5 nitrogen and oxygen atoms in total. The number of benzene rings is 1. The van der Waals surface area contributed by atoms with Crippen LogP contribution in [0.15, 0.2) is 23.1 Å². The lowest BCUT2D eigenvalue weighted by Gasteiger charge is -2.18. The Hall–Kier alpha value is -0.820. The fourth-order valence-electron chi connectivity index (χ4n) is 2.46. The molecule has 1 aliphatic heterocycles. The van der Waals surface area contributed by atoms with Crippen LogP contribution in [0, 0.1) is 12.8 Å². The fraction of sp³-hybridized carbons (Fsp3) is 0.600. The first kappa shape index (κ1) is 19.2. The topological polar surface area (TPSA) is 72.6 Å². The second-order valence-corrected chi connectivity index (χ2v) is 8.00. The summed E-state index contributed by atoms with van der Waals surface area (Å²) < 4.78 is 32.4. The Bertz CT molecular complexity index is 609. The van der Waals surface area contributed by atoms with E-state index in [2.05, 4.69) is 0 Å². The molecule has 1 heterocycles. The standard InChI is InChI=1S/C15H24N2O3S.ClH/c1-10(2)20-15-6-5-13(7-11(15)3)21(18,19)17-8-12(4)14(16)9-17;/h5-7,10,12,14H,8-9,16H2,1-4H3;1H. The summed E-state index contributed by atoms with van der Waals surface area (Å²) in [6.07, 6.45) is 0.0589. The summed E-state index contributed by atoms with van der Waals surface area (Å²) in [5, 5.41) is 0. The zero-order valence-electron chi connectivity index (χ0n) is 13.4. The normalized spacial score (nSPS) is 22.6. The van der Waals surface area contributed by atoms with E-state index in [-0.39, 0.29) is 30.5 Å². The highest BCUT2D eigenvalue weighted by Gasteiger charge is 2.35. The average Bonchev–Trinajstić information content (AvgIpc) is 2.72. The van der Waals surface area contributed by atoms with Gasteiger partial charge < -0.3 is 10.5 Å². The van der Waals surface area contributed by atoms with Gasteiger partial charge in [-0.05, 0) is 50.5 Å². The van der Waals surface area contributed by atoms with Crippen molar-refractivity contribution in [2.24, 2.45) is 11.7 Å². The first-order chi connectivity index (χ1) is 9.71. The van der Waals surface area contributed by atoms with Crippen LogP contribution >= 0.6 is 12.4 Å². The molecule has 0 spiro atoms. The van der Waals surface area contributed by atoms with Crippen molar-refractivity contribution in [3.8, 4) is 5.75 Å². The van der Waals surface area contributed by atoms with E-state index in [1.54, 1.807) is 18.2 Å². The van der Waals surface area contributed by atoms with Crippen LogP contribution in [-0.4, -0.2) is 38.0 Å². The molecule has 1 aromatic rings. The largest absolute Gasteiger partial charge is 0.491 e. The number of sulfonamides is 1. The quantitative estimate of drug-likeness (QED) is 0.905. The van der Waals surface area contributed by atoms with E-state index in [4.69, 9.17) is 10.5 Å². The van der Waals surface area contributed by atoms with Crippen LogP contribution in [0.3, 0.4) is 0 Å². The van der Waals surface area contributed by atoms with E-state index >= 15 is 0 Å². The molecule has 1 aromatic carbocycles. The minimum Gasteiger partial charge on any atom is -0.491 e. The van der Waals surface area contributed by atoms with E-state index in [0.717, 1.165) is 11.3 Å².